The number of unbranched alkanes of at least 4 members (excludes halogenated alkanes) is 1. The SMILES string of the molecule is CCCCC(=O)NCC(=O)CO. The molecule has 0 bridgehead atoms. The first-order chi connectivity index (χ1) is 5.70. The van der Waals surface area contributed by atoms with Gasteiger partial charge in [-0.2, -0.15) is 0 Å². The van der Waals surface area contributed by atoms with Crippen LogP contribution in [-0.2, 0) is 9.59 Å². The topological polar surface area (TPSA) is 66.4 Å². The molecule has 0 spiro atoms. The third-order valence-corrected chi connectivity index (χ3v) is 1.42. The molecular weight excluding hydrogens is 158 g/mol. The lowest BCUT2D eigenvalue weighted by Crippen LogP contribution is -2.30. The molecule has 70 valence electrons. The fourth-order valence-electron chi connectivity index (χ4n) is 0.679. The van der Waals surface area contributed by atoms with Gasteiger partial charge in [-0.1, -0.05) is 13.3 Å². The third kappa shape index (κ3) is 5.85. The van der Waals surface area contributed by atoms with Crippen molar-refractivity contribution in [2.24, 2.45) is 0 Å². The highest BCUT2D eigenvalue weighted by molar-refractivity contribution is 5.86. The highest BCUT2D eigenvalue weighted by atomic mass is 16.3. The van der Waals surface area contributed by atoms with Crippen LogP contribution in [0.4, 0.5) is 0 Å². The number of ketones is 1. The lowest BCUT2D eigenvalue weighted by atomic mass is 10.2. The first-order valence-corrected chi connectivity index (χ1v) is 4.10. The molecule has 0 saturated carbocycles. The molecule has 0 aliphatic carbocycles. The molecule has 0 heterocycles. The van der Waals surface area contributed by atoms with E-state index in [2.05, 4.69) is 5.32 Å². The van der Waals surface area contributed by atoms with Crippen molar-refractivity contribution in [2.75, 3.05) is 13.2 Å². The Morgan fingerprint density at radius 1 is 1.42 bits per heavy atom. The number of carbonyl (C=O) groups excluding carboxylic acids is 2. The minimum absolute atomic E-state index is 0.0565. The van der Waals surface area contributed by atoms with Crippen LogP contribution >= 0.6 is 0 Å². The quantitative estimate of drug-likeness (QED) is 0.587. The van der Waals surface area contributed by atoms with E-state index in [1.54, 1.807) is 0 Å². The molecular formula is C8H15NO3. The fraction of sp³-hybridized carbons (Fsp3) is 0.750. The zero-order valence-corrected chi connectivity index (χ0v) is 7.30. The third-order valence-electron chi connectivity index (χ3n) is 1.42. The number of nitrogens with one attached hydrogen (secondary N) is 1. The summed E-state index contributed by atoms with van der Waals surface area (Å²) in [6.45, 7) is 1.43. The van der Waals surface area contributed by atoms with Crippen LogP contribution in [0, 0.1) is 0 Å². The second-order valence-corrected chi connectivity index (χ2v) is 2.58. The largest absolute Gasteiger partial charge is 0.389 e. The molecule has 0 saturated heterocycles. The van der Waals surface area contributed by atoms with Crippen molar-refractivity contribution in [2.45, 2.75) is 26.2 Å². The van der Waals surface area contributed by atoms with Gasteiger partial charge in [0.05, 0.1) is 6.54 Å². The number of hydrogen-bond acceptors (Lipinski definition) is 3. The van der Waals surface area contributed by atoms with Crippen LogP contribution in [0.25, 0.3) is 0 Å². The number of aliphatic hydroxyl groups is 1. The van der Waals surface area contributed by atoms with E-state index in [0.717, 1.165) is 12.8 Å². The average molecular weight is 173 g/mol. The fourth-order valence-corrected chi connectivity index (χ4v) is 0.679. The highest BCUT2D eigenvalue weighted by Crippen LogP contribution is 1.92. The van der Waals surface area contributed by atoms with Gasteiger partial charge in [0.2, 0.25) is 5.91 Å². The van der Waals surface area contributed by atoms with Gasteiger partial charge in [-0.15, -0.1) is 0 Å². The van der Waals surface area contributed by atoms with E-state index in [1.165, 1.54) is 0 Å². The molecule has 0 aliphatic heterocycles. The summed E-state index contributed by atoms with van der Waals surface area (Å²) in [6.07, 6.45) is 2.25. The van der Waals surface area contributed by atoms with Gasteiger partial charge in [-0.25, -0.2) is 0 Å². The molecule has 0 aliphatic rings. The average Bonchev–Trinajstić information content (AvgIpc) is 2.10. The molecule has 0 rings (SSSR count). The molecule has 12 heavy (non-hydrogen) atoms. The van der Waals surface area contributed by atoms with E-state index in [1.807, 2.05) is 6.92 Å². The minimum atomic E-state index is -0.506. The van der Waals surface area contributed by atoms with E-state index in [0.29, 0.717) is 6.42 Å². The Hall–Kier alpha value is -0.900. The van der Waals surface area contributed by atoms with Crippen molar-refractivity contribution in [3.05, 3.63) is 0 Å². The maximum Gasteiger partial charge on any atom is 0.220 e. The van der Waals surface area contributed by atoms with Crippen LogP contribution in [0.15, 0.2) is 0 Å². The van der Waals surface area contributed by atoms with Crippen molar-refractivity contribution < 1.29 is 14.7 Å². The Kier molecular flexibility index (Phi) is 6.28. The summed E-state index contributed by atoms with van der Waals surface area (Å²) in [5.74, 6) is -0.488. The first-order valence-electron chi connectivity index (χ1n) is 4.10. The van der Waals surface area contributed by atoms with Crippen molar-refractivity contribution in [3.63, 3.8) is 0 Å². The van der Waals surface area contributed by atoms with Crippen LogP contribution in [-0.4, -0.2) is 29.9 Å². The number of hydrogen-bond donors (Lipinski definition) is 2. The molecule has 0 aromatic heterocycles. The minimum Gasteiger partial charge on any atom is -0.389 e. The molecule has 0 radical (unpaired) electrons. The molecule has 0 aromatic rings. The summed E-state index contributed by atoms with van der Waals surface area (Å²) in [4.78, 5) is 21.4. The van der Waals surface area contributed by atoms with Crippen LogP contribution in [0.1, 0.15) is 26.2 Å². The molecule has 4 heteroatoms. The van der Waals surface area contributed by atoms with Gasteiger partial charge in [0.1, 0.15) is 6.61 Å². The first kappa shape index (κ1) is 11.1. The lowest BCUT2D eigenvalue weighted by Gasteiger charge is -2.01. The number of rotatable bonds is 6. The number of Topliss-reactive ketones (excluding diaryl/α,β-unsaturated/α-hetero) is 1. The highest BCUT2D eigenvalue weighted by Gasteiger charge is 2.02. The number of carbonyl (C=O) groups is 2. The van der Waals surface area contributed by atoms with E-state index in [-0.39, 0.29) is 18.2 Å². The molecule has 0 atom stereocenters. The summed E-state index contributed by atoms with van der Waals surface area (Å²) in [7, 11) is 0. The van der Waals surface area contributed by atoms with E-state index >= 15 is 0 Å². The van der Waals surface area contributed by atoms with E-state index in [4.69, 9.17) is 5.11 Å². The summed E-state index contributed by atoms with van der Waals surface area (Å²) in [5, 5.41) is 10.7. The zero-order valence-electron chi connectivity index (χ0n) is 7.30. The second kappa shape index (κ2) is 6.79. The molecule has 4 nitrogen and oxygen atoms in total. The summed E-state index contributed by atoms with van der Waals surface area (Å²) in [6, 6.07) is 0. The van der Waals surface area contributed by atoms with Gasteiger partial charge < -0.3 is 10.4 Å². The predicted molar refractivity (Wildman–Crippen MR) is 44.6 cm³/mol. The summed E-state index contributed by atoms with van der Waals surface area (Å²) < 4.78 is 0. The van der Waals surface area contributed by atoms with Gasteiger partial charge >= 0.3 is 0 Å². The Morgan fingerprint density at radius 2 is 2.08 bits per heavy atom. The van der Waals surface area contributed by atoms with Gasteiger partial charge in [0, 0.05) is 6.42 Å². The molecule has 1 amide bonds. The predicted octanol–water partition coefficient (Wildman–Crippen LogP) is -0.146. The van der Waals surface area contributed by atoms with Gasteiger partial charge in [0.15, 0.2) is 5.78 Å². The van der Waals surface area contributed by atoms with Crippen LogP contribution < -0.4 is 5.32 Å². The Balaban J connectivity index is 3.37. The monoisotopic (exact) mass is 173 g/mol. The lowest BCUT2D eigenvalue weighted by molar-refractivity contribution is -0.126. The van der Waals surface area contributed by atoms with Crippen LogP contribution in [0.5, 0.6) is 0 Å². The van der Waals surface area contributed by atoms with Crippen molar-refractivity contribution in [1.82, 2.24) is 5.32 Å². The van der Waals surface area contributed by atoms with E-state index < -0.39 is 6.61 Å². The number of aliphatic hydroxyl groups excluding tert-OH is 1. The molecule has 2 N–H and O–H groups in total. The summed E-state index contributed by atoms with van der Waals surface area (Å²) >= 11 is 0. The van der Waals surface area contributed by atoms with E-state index in [9.17, 15) is 9.59 Å². The maximum atomic E-state index is 10.9. The van der Waals surface area contributed by atoms with Crippen molar-refractivity contribution in [1.29, 1.82) is 0 Å². The van der Waals surface area contributed by atoms with Crippen LogP contribution in [0.2, 0.25) is 0 Å². The second-order valence-electron chi connectivity index (χ2n) is 2.58. The Bertz CT molecular complexity index is 156. The molecule has 0 unspecified atom stereocenters. The Morgan fingerprint density at radius 3 is 2.58 bits per heavy atom. The maximum absolute atomic E-state index is 10.9. The van der Waals surface area contributed by atoms with Gasteiger partial charge in [0.25, 0.3) is 0 Å². The normalized spacial score (nSPS) is 9.50. The van der Waals surface area contributed by atoms with Gasteiger partial charge in [-0.05, 0) is 6.42 Å². The Labute approximate surface area is 72.0 Å². The number of amides is 1. The zero-order chi connectivity index (χ0) is 9.40. The standard InChI is InChI=1S/C8H15NO3/c1-2-3-4-8(12)9-5-7(11)6-10/h10H,2-6H2,1H3,(H,9,12). The van der Waals surface area contributed by atoms with Gasteiger partial charge in [-0.3, -0.25) is 9.59 Å². The molecule has 0 aromatic carbocycles. The van der Waals surface area contributed by atoms with Crippen molar-refractivity contribution in [3.8, 4) is 0 Å². The van der Waals surface area contributed by atoms with Crippen LogP contribution in [0.3, 0.4) is 0 Å². The van der Waals surface area contributed by atoms with Crippen molar-refractivity contribution >= 4 is 11.7 Å². The summed E-state index contributed by atoms with van der Waals surface area (Å²) in [5.41, 5.74) is 0. The smallest absolute Gasteiger partial charge is 0.220 e. The molecule has 0 fully saturated rings.